The van der Waals surface area contributed by atoms with Gasteiger partial charge in [0.25, 0.3) is 0 Å². The normalized spacial score (nSPS) is 11.2. The van der Waals surface area contributed by atoms with E-state index in [1.807, 2.05) is 50.2 Å². The van der Waals surface area contributed by atoms with Crippen molar-refractivity contribution in [3.8, 4) is 5.75 Å². The van der Waals surface area contributed by atoms with Crippen LogP contribution in [0.15, 0.2) is 60.2 Å². The molecule has 0 spiro atoms. The van der Waals surface area contributed by atoms with E-state index in [4.69, 9.17) is 22.1 Å². The fraction of sp³-hybridized carbons (Fsp3) is 0.364. The van der Waals surface area contributed by atoms with Crippen molar-refractivity contribution in [2.24, 2.45) is 5.73 Å². The Labute approximate surface area is 162 Å². The Morgan fingerprint density at radius 3 is 2.23 bits per heavy atom. The lowest BCUT2D eigenvalue weighted by atomic mass is 10.1. The summed E-state index contributed by atoms with van der Waals surface area (Å²) in [6.45, 7) is 10.5. The lowest BCUT2D eigenvalue weighted by Crippen LogP contribution is -2.45. The summed E-state index contributed by atoms with van der Waals surface area (Å²) in [5.74, 6) is 0.845. The molecular formula is C22H29ClN2O. The average molecular weight is 373 g/mol. The number of halogens is 1. The van der Waals surface area contributed by atoms with Crippen LogP contribution in [0.3, 0.4) is 0 Å². The van der Waals surface area contributed by atoms with E-state index >= 15 is 0 Å². The molecule has 0 aliphatic heterocycles. The van der Waals surface area contributed by atoms with Gasteiger partial charge in [-0.25, -0.2) is 0 Å². The molecule has 0 saturated heterocycles. The van der Waals surface area contributed by atoms with Crippen LogP contribution in [0, 0.1) is 0 Å². The van der Waals surface area contributed by atoms with Crippen LogP contribution < -0.4 is 15.4 Å². The van der Waals surface area contributed by atoms with E-state index in [9.17, 15) is 0 Å². The maximum Gasteiger partial charge on any atom is 0.119 e. The van der Waals surface area contributed by atoms with E-state index in [0.717, 1.165) is 35.1 Å². The highest BCUT2D eigenvalue weighted by Crippen LogP contribution is 2.22. The highest BCUT2D eigenvalue weighted by molar-refractivity contribution is 6.30. The van der Waals surface area contributed by atoms with E-state index in [-0.39, 0.29) is 5.54 Å². The van der Waals surface area contributed by atoms with Gasteiger partial charge >= 0.3 is 0 Å². The van der Waals surface area contributed by atoms with Gasteiger partial charge in [0.05, 0.1) is 0 Å². The van der Waals surface area contributed by atoms with Crippen molar-refractivity contribution in [1.82, 2.24) is 0 Å². The molecule has 2 N–H and O–H groups in total. The Bertz CT molecular complexity index is 711. The zero-order valence-corrected chi connectivity index (χ0v) is 16.9. The molecule has 4 heteroatoms. The number of rotatable bonds is 8. The summed E-state index contributed by atoms with van der Waals surface area (Å²) in [4.78, 5) is 2.29. The number of nitrogens with zero attached hydrogens (tertiary/aromatic N) is 1. The zero-order chi connectivity index (χ0) is 19.2. The van der Waals surface area contributed by atoms with Crippen LogP contribution >= 0.6 is 11.6 Å². The first kappa shape index (κ1) is 20.3. The molecule has 0 radical (unpaired) electrons. The first-order chi connectivity index (χ1) is 12.2. The van der Waals surface area contributed by atoms with Gasteiger partial charge in [0.15, 0.2) is 0 Å². The molecule has 2 aromatic carbocycles. The standard InChI is InChI=1S/C22H29ClN2O/c1-17(2)13-14-25(16-22(3,4)24)20-9-11-21(12-10-20)26-15-18-5-7-19(23)8-6-18/h5-13H,14-16,24H2,1-4H3. The number of nitrogens with two attached hydrogens (primary N) is 1. The second-order valence-corrected chi connectivity index (χ2v) is 8.00. The molecule has 0 fully saturated rings. The number of allylic oxidation sites excluding steroid dienone is 1. The van der Waals surface area contributed by atoms with Crippen LogP contribution in [0.4, 0.5) is 5.69 Å². The predicted octanol–water partition coefficient (Wildman–Crippen LogP) is 5.43. The Morgan fingerprint density at radius 2 is 1.69 bits per heavy atom. The summed E-state index contributed by atoms with van der Waals surface area (Å²) in [5, 5.41) is 0.734. The van der Waals surface area contributed by atoms with E-state index < -0.39 is 0 Å². The Kier molecular flexibility index (Phi) is 7.13. The van der Waals surface area contributed by atoms with Gasteiger partial charge in [0.1, 0.15) is 12.4 Å². The van der Waals surface area contributed by atoms with Crippen LogP contribution in [0.25, 0.3) is 0 Å². The minimum atomic E-state index is -0.265. The third-order valence-electron chi connectivity index (χ3n) is 3.84. The molecule has 2 rings (SSSR count). The highest BCUT2D eigenvalue weighted by atomic mass is 35.5. The van der Waals surface area contributed by atoms with E-state index in [0.29, 0.717) is 6.61 Å². The molecule has 3 nitrogen and oxygen atoms in total. The van der Waals surface area contributed by atoms with E-state index in [1.54, 1.807) is 0 Å². The fourth-order valence-electron chi connectivity index (χ4n) is 2.55. The smallest absolute Gasteiger partial charge is 0.119 e. The lowest BCUT2D eigenvalue weighted by Gasteiger charge is -2.31. The second kappa shape index (κ2) is 9.11. The zero-order valence-electron chi connectivity index (χ0n) is 16.1. The first-order valence-corrected chi connectivity index (χ1v) is 9.25. The summed E-state index contributed by atoms with van der Waals surface area (Å²) < 4.78 is 5.87. The molecule has 0 atom stereocenters. The van der Waals surface area contributed by atoms with Crippen LogP contribution in [0.5, 0.6) is 5.75 Å². The number of hydrogen-bond donors (Lipinski definition) is 1. The average Bonchev–Trinajstić information content (AvgIpc) is 2.57. The monoisotopic (exact) mass is 372 g/mol. The summed E-state index contributed by atoms with van der Waals surface area (Å²) in [7, 11) is 0. The van der Waals surface area contributed by atoms with Crippen LogP contribution in [0.1, 0.15) is 33.3 Å². The molecule has 140 valence electrons. The van der Waals surface area contributed by atoms with Gasteiger partial charge in [0, 0.05) is 29.3 Å². The molecule has 2 aromatic rings. The number of ether oxygens (including phenoxy) is 1. The van der Waals surface area contributed by atoms with Gasteiger partial charge in [-0.1, -0.05) is 35.4 Å². The quantitative estimate of drug-likeness (QED) is 0.628. The van der Waals surface area contributed by atoms with Gasteiger partial charge in [-0.05, 0) is 69.7 Å². The van der Waals surface area contributed by atoms with Crippen molar-refractivity contribution in [3.63, 3.8) is 0 Å². The number of benzene rings is 2. The maximum absolute atomic E-state index is 6.24. The molecule has 0 aromatic heterocycles. The van der Waals surface area contributed by atoms with Crippen LogP contribution in [0.2, 0.25) is 5.02 Å². The Hall–Kier alpha value is -1.97. The SMILES string of the molecule is CC(C)=CCN(CC(C)(C)N)c1ccc(OCc2ccc(Cl)cc2)cc1. The molecule has 0 saturated carbocycles. The molecule has 0 aliphatic rings. The fourth-order valence-corrected chi connectivity index (χ4v) is 2.67. The van der Waals surface area contributed by atoms with Crippen molar-refractivity contribution in [1.29, 1.82) is 0 Å². The summed E-state index contributed by atoms with van der Waals surface area (Å²) >= 11 is 5.91. The van der Waals surface area contributed by atoms with Crippen molar-refractivity contribution in [2.75, 3.05) is 18.0 Å². The third kappa shape index (κ3) is 7.11. The Balaban J connectivity index is 2.04. The van der Waals surface area contributed by atoms with Crippen molar-refractivity contribution < 1.29 is 4.74 Å². The van der Waals surface area contributed by atoms with E-state index in [1.165, 1.54) is 5.57 Å². The van der Waals surface area contributed by atoms with E-state index in [2.05, 4.69) is 37.0 Å². The minimum Gasteiger partial charge on any atom is -0.489 e. The third-order valence-corrected chi connectivity index (χ3v) is 4.09. The maximum atomic E-state index is 6.24. The van der Waals surface area contributed by atoms with Gasteiger partial charge in [-0.2, -0.15) is 0 Å². The van der Waals surface area contributed by atoms with Crippen molar-refractivity contribution in [3.05, 3.63) is 70.8 Å². The predicted molar refractivity (Wildman–Crippen MR) is 112 cm³/mol. The van der Waals surface area contributed by atoms with Crippen LogP contribution in [-0.4, -0.2) is 18.6 Å². The largest absolute Gasteiger partial charge is 0.489 e. The molecular weight excluding hydrogens is 344 g/mol. The summed E-state index contributed by atoms with van der Waals surface area (Å²) in [6.07, 6.45) is 2.22. The minimum absolute atomic E-state index is 0.265. The molecule has 0 amide bonds. The molecule has 0 aliphatic carbocycles. The van der Waals surface area contributed by atoms with Gasteiger partial charge in [0.2, 0.25) is 0 Å². The molecule has 26 heavy (non-hydrogen) atoms. The highest BCUT2D eigenvalue weighted by Gasteiger charge is 2.16. The topological polar surface area (TPSA) is 38.5 Å². The Morgan fingerprint density at radius 1 is 1.08 bits per heavy atom. The van der Waals surface area contributed by atoms with Gasteiger partial charge in [-0.15, -0.1) is 0 Å². The van der Waals surface area contributed by atoms with Gasteiger partial charge < -0.3 is 15.4 Å². The summed E-state index contributed by atoms with van der Waals surface area (Å²) in [5.41, 5.74) is 9.50. The summed E-state index contributed by atoms with van der Waals surface area (Å²) in [6, 6.07) is 15.9. The molecule has 0 heterocycles. The first-order valence-electron chi connectivity index (χ1n) is 8.87. The molecule has 0 unspecified atom stereocenters. The second-order valence-electron chi connectivity index (χ2n) is 7.56. The van der Waals surface area contributed by atoms with Crippen LogP contribution in [-0.2, 0) is 6.61 Å². The van der Waals surface area contributed by atoms with Crippen molar-refractivity contribution >= 4 is 17.3 Å². The molecule has 0 bridgehead atoms. The van der Waals surface area contributed by atoms with Gasteiger partial charge in [-0.3, -0.25) is 0 Å². The number of anilines is 1. The number of hydrogen-bond acceptors (Lipinski definition) is 3. The lowest BCUT2D eigenvalue weighted by molar-refractivity contribution is 0.306. The van der Waals surface area contributed by atoms with Crippen molar-refractivity contribution in [2.45, 2.75) is 39.8 Å².